The van der Waals surface area contributed by atoms with Gasteiger partial charge in [-0.3, -0.25) is 14.9 Å². The van der Waals surface area contributed by atoms with Gasteiger partial charge in [-0.15, -0.1) is 0 Å². The number of carbonyl (C=O) groups excluding carboxylic acids is 3. The molecule has 0 radical (unpaired) electrons. The van der Waals surface area contributed by atoms with E-state index in [0.29, 0.717) is 53.4 Å². The first kappa shape index (κ1) is 32.5. The lowest BCUT2D eigenvalue weighted by Crippen LogP contribution is -2.51. The largest absolute Gasteiger partial charge is 0.462 e. The highest BCUT2D eigenvalue weighted by Gasteiger charge is 2.26. The van der Waals surface area contributed by atoms with E-state index in [4.69, 9.17) is 14.3 Å². The van der Waals surface area contributed by atoms with Crippen molar-refractivity contribution in [3.63, 3.8) is 0 Å². The maximum atomic E-state index is 13.3. The number of rotatable bonds is 11. The molecule has 2 amide bonds. The van der Waals surface area contributed by atoms with Gasteiger partial charge in [0.05, 0.1) is 35.6 Å². The number of aromatic nitrogens is 3. The number of piperazine rings is 1. The zero-order valence-electron chi connectivity index (χ0n) is 25.1. The molecular formula is C29H32N8O7S2. The first-order chi connectivity index (χ1) is 22.0. The van der Waals surface area contributed by atoms with Gasteiger partial charge in [0.15, 0.2) is 10.9 Å². The highest BCUT2D eigenvalue weighted by atomic mass is 32.2. The molecule has 0 saturated carbocycles. The standard InChI is InChI=1S/C29H32N8O7S2/c1-3-43-27(40)25-18(2)32-29(45-25)35-28-33-20(15-23(34-28)31-17-19-6-8-21(9-7-19)46(30,41)42)16-24(38)36-10-12-37(13-11-36)26(39)22-5-4-14-44-22/h4-9,14-15H,3,10-13,16-17H2,1-2H3,(H2,30,41,42)(H2,31,32,33,34,35). The number of amides is 2. The molecule has 1 saturated heterocycles. The number of carbonyl (C=O) groups is 3. The highest BCUT2D eigenvalue weighted by molar-refractivity contribution is 7.89. The highest BCUT2D eigenvalue weighted by Crippen LogP contribution is 2.26. The maximum absolute atomic E-state index is 13.3. The number of ether oxygens (including phenoxy) is 1. The number of hydrogen-bond acceptors (Lipinski definition) is 13. The van der Waals surface area contributed by atoms with Gasteiger partial charge in [0.2, 0.25) is 21.9 Å². The van der Waals surface area contributed by atoms with E-state index in [1.165, 1.54) is 18.4 Å². The van der Waals surface area contributed by atoms with Gasteiger partial charge in [-0.2, -0.15) is 4.98 Å². The molecule has 1 fully saturated rings. The third-order valence-corrected chi connectivity index (χ3v) is 8.95. The number of sulfonamides is 1. The number of benzene rings is 1. The van der Waals surface area contributed by atoms with Crippen LogP contribution >= 0.6 is 11.3 Å². The van der Waals surface area contributed by atoms with Gasteiger partial charge in [-0.05, 0) is 43.7 Å². The lowest BCUT2D eigenvalue weighted by Gasteiger charge is -2.34. The minimum absolute atomic E-state index is 0.00216. The Morgan fingerprint density at radius 3 is 2.41 bits per heavy atom. The molecular weight excluding hydrogens is 637 g/mol. The molecule has 5 rings (SSSR count). The number of nitrogens with one attached hydrogen (secondary N) is 2. The molecule has 0 bridgehead atoms. The van der Waals surface area contributed by atoms with Crippen molar-refractivity contribution in [2.75, 3.05) is 43.4 Å². The third-order valence-electron chi connectivity index (χ3n) is 6.96. The molecule has 242 valence electrons. The Balaban J connectivity index is 1.31. The molecule has 4 aromatic rings. The Kier molecular flexibility index (Phi) is 9.93. The summed E-state index contributed by atoms with van der Waals surface area (Å²) in [5, 5.41) is 11.8. The van der Waals surface area contributed by atoms with E-state index in [9.17, 15) is 22.8 Å². The number of aryl methyl sites for hydroxylation is 1. The van der Waals surface area contributed by atoms with Crippen molar-refractivity contribution in [1.29, 1.82) is 0 Å². The molecule has 15 nitrogen and oxygen atoms in total. The van der Waals surface area contributed by atoms with Gasteiger partial charge in [0.25, 0.3) is 5.91 Å². The predicted octanol–water partition coefficient (Wildman–Crippen LogP) is 2.54. The Morgan fingerprint density at radius 1 is 1.04 bits per heavy atom. The summed E-state index contributed by atoms with van der Waals surface area (Å²) < 4.78 is 33.5. The summed E-state index contributed by atoms with van der Waals surface area (Å²) in [6.07, 6.45) is 1.41. The third kappa shape index (κ3) is 8.04. The second-order valence-corrected chi connectivity index (χ2v) is 12.8. The van der Waals surface area contributed by atoms with E-state index >= 15 is 0 Å². The van der Waals surface area contributed by atoms with Crippen LogP contribution in [0.1, 0.15) is 44.1 Å². The van der Waals surface area contributed by atoms with E-state index in [1.807, 2.05) is 0 Å². The molecule has 4 N–H and O–H groups in total. The van der Waals surface area contributed by atoms with E-state index in [1.54, 1.807) is 54.0 Å². The van der Waals surface area contributed by atoms with Crippen molar-refractivity contribution < 1.29 is 32.0 Å². The normalized spacial score (nSPS) is 13.4. The monoisotopic (exact) mass is 668 g/mol. The summed E-state index contributed by atoms with van der Waals surface area (Å²) >= 11 is 1.10. The minimum atomic E-state index is -3.82. The Labute approximate surface area is 268 Å². The number of furan rings is 1. The van der Waals surface area contributed by atoms with Gasteiger partial charge < -0.3 is 24.3 Å². The van der Waals surface area contributed by atoms with E-state index in [0.717, 1.165) is 16.9 Å². The Hall–Kier alpha value is -4.87. The van der Waals surface area contributed by atoms with E-state index in [2.05, 4.69) is 25.6 Å². The number of nitrogens with two attached hydrogens (primary N) is 1. The van der Waals surface area contributed by atoms with Crippen molar-refractivity contribution >= 4 is 56.0 Å². The van der Waals surface area contributed by atoms with Crippen LogP contribution in [-0.4, -0.2) is 83.7 Å². The summed E-state index contributed by atoms with van der Waals surface area (Å²) in [4.78, 5) is 55.3. The number of hydrogen-bond donors (Lipinski definition) is 3. The Morgan fingerprint density at radius 2 is 1.76 bits per heavy atom. The first-order valence-electron chi connectivity index (χ1n) is 14.3. The zero-order valence-corrected chi connectivity index (χ0v) is 26.7. The molecule has 1 aliphatic heterocycles. The topological polar surface area (TPSA) is 203 Å². The average molecular weight is 669 g/mol. The molecule has 3 aromatic heterocycles. The quantitative estimate of drug-likeness (QED) is 0.197. The van der Waals surface area contributed by atoms with Crippen LogP contribution in [0.5, 0.6) is 0 Å². The number of thiazole rings is 1. The average Bonchev–Trinajstić information content (AvgIpc) is 3.70. The van der Waals surface area contributed by atoms with Gasteiger partial charge in [0, 0.05) is 38.8 Å². The molecule has 0 spiro atoms. The fraction of sp³-hybridized carbons (Fsp3) is 0.310. The molecule has 1 aromatic carbocycles. The molecule has 0 aliphatic carbocycles. The second kappa shape index (κ2) is 14.1. The Bertz CT molecular complexity index is 1820. The first-order valence-corrected chi connectivity index (χ1v) is 16.6. The lowest BCUT2D eigenvalue weighted by molar-refractivity contribution is -0.132. The van der Waals surface area contributed by atoms with Gasteiger partial charge in [-0.25, -0.2) is 28.3 Å². The fourth-order valence-electron chi connectivity index (χ4n) is 4.64. The van der Waals surface area contributed by atoms with Crippen molar-refractivity contribution in [2.45, 2.75) is 31.7 Å². The summed E-state index contributed by atoms with van der Waals surface area (Å²) in [5.74, 6) is -0.0753. The maximum Gasteiger partial charge on any atom is 0.350 e. The van der Waals surface area contributed by atoms with Crippen LogP contribution < -0.4 is 15.8 Å². The van der Waals surface area contributed by atoms with Crippen LogP contribution in [0.4, 0.5) is 16.9 Å². The van der Waals surface area contributed by atoms with E-state index in [-0.39, 0.29) is 48.0 Å². The molecule has 46 heavy (non-hydrogen) atoms. The van der Waals surface area contributed by atoms with E-state index < -0.39 is 16.0 Å². The number of primary sulfonamides is 1. The van der Waals surface area contributed by atoms with Crippen LogP contribution in [0.2, 0.25) is 0 Å². The summed E-state index contributed by atoms with van der Waals surface area (Å²) in [6, 6.07) is 11.0. The van der Waals surface area contributed by atoms with Crippen LogP contribution in [0.3, 0.4) is 0 Å². The van der Waals surface area contributed by atoms with Crippen LogP contribution in [0.15, 0.2) is 58.0 Å². The van der Waals surface area contributed by atoms with Crippen LogP contribution in [-0.2, 0) is 32.5 Å². The molecule has 17 heteroatoms. The van der Waals surface area contributed by atoms with Crippen LogP contribution in [0.25, 0.3) is 0 Å². The molecule has 0 atom stereocenters. The van der Waals surface area contributed by atoms with Gasteiger partial charge in [0.1, 0.15) is 10.7 Å². The smallest absolute Gasteiger partial charge is 0.350 e. The molecule has 0 unspecified atom stereocenters. The van der Waals surface area contributed by atoms with Crippen molar-refractivity contribution in [3.05, 3.63) is 76.3 Å². The molecule has 1 aliphatic rings. The summed E-state index contributed by atoms with van der Waals surface area (Å²) in [6.45, 7) is 5.37. The lowest BCUT2D eigenvalue weighted by atomic mass is 10.2. The van der Waals surface area contributed by atoms with Gasteiger partial charge >= 0.3 is 5.97 Å². The summed E-state index contributed by atoms with van der Waals surface area (Å²) in [7, 11) is -3.82. The molecule has 4 heterocycles. The minimum Gasteiger partial charge on any atom is -0.462 e. The van der Waals surface area contributed by atoms with Crippen LogP contribution in [0, 0.1) is 6.92 Å². The predicted molar refractivity (Wildman–Crippen MR) is 168 cm³/mol. The SMILES string of the molecule is CCOC(=O)c1sc(Nc2nc(CC(=O)N3CCN(C(=O)c4ccco4)CC3)cc(NCc3ccc(S(N)(=O)=O)cc3)n2)nc1C. The summed E-state index contributed by atoms with van der Waals surface area (Å²) in [5.41, 5.74) is 1.67. The number of esters is 1. The zero-order chi connectivity index (χ0) is 32.8. The fourth-order valence-corrected chi connectivity index (χ4v) is 6.01. The number of nitrogens with zero attached hydrogens (tertiary/aromatic N) is 5. The van der Waals surface area contributed by atoms with Crippen molar-refractivity contribution in [2.24, 2.45) is 5.14 Å². The number of anilines is 3. The van der Waals surface area contributed by atoms with Crippen molar-refractivity contribution in [3.8, 4) is 0 Å². The second-order valence-electron chi connectivity index (χ2n) is 10.2. The van der Waals surface area contributed by atoms with Gasteiger partial charge in [-0.1, -0.05) is 23.5 Å². The van der Waals surface area contributed by atoms with Crippen molar-refractivity contribution in [1.82, 2.24) is 24.8 Å².